The van der Waals surface area contributed by atoms with Gasteiger partial charge in [0.2, 0.25) is 11.8 Å². The molecular weight excluding hydrogens is 442 g/mol. The molecule has 1 saturated carbocycles. The molecule has 7 nitrogen and oxygen atoms in total. The lowest BCUT2D eigenvalue weighted by Crippen LogP contribution is -2.37. The Kier molecular flexibility index (Phi) is 7.73. The maximum atomic E-state index is 13.6. The highest BCUT2D eigenvalue weighted by Crippen LogP contribution is 2.40. The summed E-state index contributed by atoms with van der Waals surface area (Å²) in [6.45, 7) is 3.16. The maximum absolute atomic E-state index is 13.6. The van der Waals surface area contributed by atoms with Gasteiger partial charge in [-0.25, -0.2) is 0 Å². The molecule has 186 valence electrons. The van der Waals surface area contributed by atoms with E-state index in [1.54, 1.807) is 31.2 Å². The minimum Gasteiger partial charge on any atom is -0.497 e. The second-order valence-corrected chi connectivity index (χ2v) is 9.61. The quantitative estimate of drug-likeness (QED) is 0.562. The number of nitrogens with zero attached hydrogens (tertiary/aromatic N) is 2. The molecule has 2 aliphatic rings. The molecule has 1 heterocycles. The minimum absolute atomic E-state index is 0.0250. The third kappa shape index (κ3) is 5.84. The fourth-order valence-corrected chi connectivity index (χ4v) is 4.71. The van der Waals surface area contributed by atoms with Crippen LogP contribution in [0.25, 0.3) is 0 Å². The number of nitrogens with one attached hydrogen (secondary N) is 1. The number of rotatable bonds is 10. The van der Waals surface area contributed by atoms with Crippen molar-refractivity contribution in [2.45, 2.75) is 57.7 Å². The second kappa shape index (κ2) is 10.9. The van der Waals surface area contributed by atoms with Crippen LogP contribution in [0, 0.1) is 5.92 Å². The number of benzene rings is 2. The average Bonchev–Trinajstić information content (AvgIpc) is 3.63. The summed E-state index contributed by atoms with van der Waals surface area (Å²) in [4.78, 5) is 42.3. The second-order valence-electron chi connectivity index (χ2n) is 9.61. The Balaban J connectivity index is 1.48. The molecule has 2 atom stereocenters. The van der Waals surface area contributed by atoms with Crippen LogP contribution in [0.2, 0.25) is 0 Å². The number of likely N-dealkylation sites (tertiary alicyclic amines) is 1. The first-order valence-corrected chi connectivity index (χ1v) is 12.5. The van der Waals surface area contributed by atoms with Crippen LogP contribution in [-0.2, 0) is 16.1 Å². The van der Waals surface area contributed by atoms with E-state index in [0.717, 1.165) is 42.6 Å². The van der Waals surface area contributed by atoms with E-state index in [2.05, 4.69) is 12.2 Å². The van der Waals surface area contributed by atoms with Crippen molar-refractivity contribution < 1.29 is 19.1 Å². The Morgan fingerprint density at radius 2 is 1.77 bits per heavy atom. The van der Waals surface area contributed by atoms with E-state index >= 15 is 0 Å². The van der Waals surface area contributed by atoms with Crippen LogP contribution in [0.5, 0.6) is 5.75 Å². The number of amides is 3. The Morgan fingerprint density at radius 3 is 2.37 bits per heavy atom. The Morgan fingerprint density at radius 1 is 1.09 bits per heavy atom. The van der Waals surface area contributed by atoms with Crippen molar-refractivity contribution in [1.82, 2.24) is 15.1 Å². The van der Waals surface area contributed by atoms with Crippen molar-refractivity contribution in [3.05, 3.63) is 65.2 Å². The molecule has 4 rings (SSSR count). The average molecular weight is 478 g/mol. The highest BCUT2D eigenvalue weighted by Gasteiger charge is 2.45. The zero-order valence-electron chi connectivity index (χ0n) is 20.8. The van der Waals surface area contributed by atoms with Crippen LogP contribution < -0.4 is 10.1 Å². The zero-order chi connectivity index (χ0) is 24.9. The Hall–Kier alpha value is -3.35. The molecule has 1 aliphatic heterocycles. The van der Waals surface area contributed by atoms with Crippen molar-refractivity contribution in [2.24, 2.45) is 5.92 Å². The lowest BCUT2D eigenvalue weighted by molar-refractivity contribution is -0.135. The van der Waals surface area contributed by atoms with Gasteiger partial charge in [0.15, 0.2) is 0 Å². The summed E-state index contributed by atoms with van der Waals surface area (Å²) in [6, 6.07) is 15.1. The lowest BCUT2D eigenvalue weighted by Gasteiger charge is -2.30. The number of hydrogen-bond donors (Lipinski definition) is 1. The van der Waals surface area contributed by atoms with Crippen molar-refractivity contribution in [3.8, 4) is 5.75 Å². The van der Waals surface area contributed by atoms with Gasteiger partial charge in [0.05, 0.1) is 19.1 Å². The molecule has 0 aromatic heterocycles. The number of carbonyl (C=O) groups is 3. The minimum atomic E-state index is -0.443. The molecule has 7 heteroatoms. The van der Waals surface area contributed by atoms with E-state index in [1.807, 2.05) is 41.3 Å². The molecule has 3 amide bonds. The summed E-state index contributed by atoms with van der Waals surface area (Å²) in [7, 11) is 3.40. The third-order valence-electron chi connectivity index (χ3n) is 6.88. The van der Waals surface area contributed by atoms with Gasteiger partial charge in [-0.1, -0.05) is 37.6 Å². The molecule has 0 spiro atoms. The SMILES string of the molecule is CCCCN1C(=O)CC(C(=O)N(C)Cc2ccc(C(=O)NC3CC3)cc2)C1c1ccc(OC)cc1. The molecule has 35 heavy (non-hydrogen) atoms. The van der Waals surface area contributed by atoms with Crippen LogP contribution in [0.15, 0.2) is 48.5 Å². The van der Waals surface area contributed by atoms with E-state index < -0.39 is 5.92 Å². The first-order chi connectivity index (χ1) is 16.9. The van der Waals surface area contributed by atoms with Crippen molar-refractivity contribution in [1.29, 1.82) is 0 Å². The predicted octanol–water partition coefficient (Wildman–Crippen LogP) is 3.94. The van der Waals surface area contributed by atoms with Gasteiger partial charge in [-0.2, -0.15) is 0 Å². The molecule has 2 fully saturated rings. The van der Waals surface area contributed by atoms with Gasteiger partial charge >= 0.3 is 0 Å². The van der Waals surface area contributed by atoms with Crippen LogP contribution >= 0.6 is 0 Å². The van der Waals surface area contributed by atoms with E-state index in [-0.39, 0.29) is 30.2 Å². The van der Waals surface area contributed by atoms with E-state index in [9.17, 15) is 14.4 Å². The number of hydrogen-bond acceptors (Lipinski definition) is 4. The normalized spacial score (nSPS) is 19.5. The van der Waals surface area contributed by atoms with Crippen LogP contribution in [0.3, 0.4) is 0 Å². The summed E-state index contributed by atoms with van der Waals surface area (Å²) >= 11 is 0. The summed E-state index contributed by atoms with van der Waals surface area (Å²) in [6.07, 6.45) is 4.19. The predicted molar refractivity (Wildman–Crippen MR) is 134 cm³/mol. The highest BCUT2D eigenvalue weighted by molar-refractivity contribution is 5.94. The van der Waals surface area contributed by atoms with Gasteiger partial charge in [-0.05, 0) is 54.7 Å². The first kappa shape index (κ1) is 24.8. The van der Waals surface area contributed by atoms with Crippen molar-refractivity contribution >= 4 is 17.7 Å². The van der Waals surface area contributed by atoms with Gasteiger partial charge in [0.1, 0.15) is 5.75 Å². The Labute approximate surface area is 207 Å². The molecule has 0 bridgehead atoms. The fourth-order valence-electron chi connectivity index (χ4n) is 4.71. The van der Waals surface area contributed by atoms with Crippen LogP contribution in [0.1, 0.15) is 66.6 Å². The van der Waals surface area contributed by atoms with Gasteiger partial charge in [-0.3, -0.25) is 14.4 Å². The lowest BCUT2D eigenvalue weighted by atomic mass is 9.92. The van der Waals surface area contributed by atoms with Crippen LogP contribution in [0.4, 0.5) is 0 Å². The number of ether oxygens (including phenoxy) is 1. The van der Waals surface area contributed by atoms with Gasteiger partial charge in [-0.15, -0.1) is 0 Å². The summed E-state index contributed by atoms with van der Waals surface area (Å²) < 4.78 is 5.29. The molecule has 1 saturated heterocycles. The molecular formula is C28H35N3O4. The zero-order valence-corrected chi connectivity index (χ0v) is 20.8. The van der Waals surface area contributed by atoms with E-state index in [0.29, 0.717) is 24.7 Å². The van der Waals surface area contributed by atoms with Crippen molar-refractivity contribution in [3.63, 3.8) is 0 Å². The van der Waals surface area contributed by atoms with E-state index in [1.165, 1.54) is 0 Å². The monoisotopic (exact) mass is 477 g/mol. The number of methoxy groups -OCH3 is 1. The molecule has 2 unspecified atom stereocenters. The van der Waals surface area contributed by atoms with Gasteiger partial charge in [0, 0.05) is 38.2 Å². The first-order valence-electron chi connectivity index (χ1n) is 12.5. The number of unbranched alkanes of at least 4 members (excludes halogenated alkanes) is 1. The molecule has 2 aromatic carbocycles. The topological polar surface area (TPSA) is 79.0 Å². The van der Waals surface area contributed by atoms with Crippen molar-refractivity contribution in [2.75, 3.05) is 20.7 Å². The largest absolute Gasteiger partial charge is 0.497 e. The third-order valence-corrected chi connectivity index (χ3v) is 6.88. The fraction of sp³-hybridized carbons (Fsp3) is 0.464. The standard InChI is InChI=1S/C28H35N3O4/c1-4-5-16-31-25(32)17-24(26(31)20-10-14-23(35-3)15-11-20)28(34)30(2)18-19-6-8-21(9-7-19)27(33)29-22-12-13-22/h6-11,14-15,22,24,26H,4-5,12-13,16-18H2,1-3H3,(H,29,33). The highest BCUT2D eigenvalue weighted by atomic mass is 16.5. The Bertz CT molecular complexity index is 1050. The van der Waals surface area contributed by atoms with Gasteiger partial charge < -0.3 is 19.9 Å². The van der Waals surface area contributed by atoms with Gasteiger partial charge in [0.25, 0.3) is 5.91 Å². The molecule has 1 aliphatic carbocycles. The summed E-state index contributed by atoms with van der Waals surface area (Å²) in [5.41, 5.74) is 2.52. The van der Waals surface area contributed by atoms with E-state index in [4.69, 9.17) is 4.74 Å². The van der Waals surface area contributed by atoms with Crippen LogP contribution in [-0.4, -0.2) is 54.3 Å². The number of carbonyl (C=O) groups excluding carboxylic acids is 3. The summed E-state index contributed by atoms with van der Waals surface area (Å²) in [5.74, 6) is 0.224. The molecule has 1 N–H and O–H groups in total. The molecule has 2 aromatic rings. The summed E-state index contributed by atoms with van der Waals surface area (Å²) in [5, 5.41) is 2.99. The molecule has 0 radical (unpaired) electrons. The maximum Gasteiger partial charge on any atom is 0.251 e. The smallest absolute Gasteiger partial charge is 0.251 e.